The Morgan fingerprint density at radius 2 is 2.17 bits per heavy atom. The maximum Gasteiger partial charge on any atom is 0.274 e. The number of unbranched alkanes of at least 4 members (excludes halogenated alkanes) is 1. The molecule has 1 saturated heterocycles. The Hall–Kier alpha value is -2.21. The van der Waals surface area contributed by atoms with Crippen LogP contribution in [0.1, 0.15) is 36.7 Å². The molecule has 1 amide bonds. The summed E-state index contributed by atoms with van der Waals surface area (Å²) >= 11 is 0. The molecule has 1 N–H and O–H groups in total. The molecule has 6 nitrogen and oxygen atoms in total. The number of fused-ring (bicyclic) bond motifs is 1. The molecule has 1 atom stereocenters. The first-order valence-electron chi connectivity index (χ1n) is 8.56. The zero-order valence-electron chi connectivity index (χ0n) is 14.0. The average molecular weight is 329 g/mol. The molecular weight excluding hydrogens is 306 g/mol. The lowest BCUT2D eigenvalue weighted by Gasteiger charge is -2.12. The van der Waals surface area contributed by atoms with Crippen molar-refractivity contribution in [3.05, 3.63) is 40.3 Å². The van der Waals surface area contributed by atoms with E-state index in [1.165, 1.54) is 4.68 Å². The molecule has 1 fully saturated rings. The quantitative estimate of drug-likeness (QED) is 0.879. The summed E-state index contributed by atoms with van der Waals surface area (Å²) in [5.41, 5.74) is 0.181. The van der Waals surface area contributed by atoms with Gasteiger partial charge in [0.05, 0.1) is 12.0 Å². The monoisotopic (exact) mass is 329 g/mol. The van der Waals surface area contributed by atoms with Crippen LogP contribution in [0.15, 0.2) is 29.1 Å². The van der Waals surface area contributed by atoms with Crippen molar-refractivity contribution in [1.82, 2.24) is 15.1 Å². The van der Waals surface area contributed by atoms with Crippen molar-refractivity contribution in [2.24, 2.45) is 5.92 Å². The highest BCUT2D eigenvalue weighted by Gasteiger charge is 2.20. The lowest BCUT2D eigenvalue weighted by Crippen LogP contribution is -2.33. The summed E-state index contributed by atoms with van der Waals surface area (Å²) < 4.78 is 6.75. The molecule has 6 heteroatoms. The van der Waals surface area contributed by atoms with E-state index in [4.69, 9.17) is 4.74 Å². The van der Waals surface area contributed by atoms with Gasteiger partial charge in [0.1, 0.15) is 0 Å². The second-order valence-corrected chi connectivity index (χ2v) is 6.22. The SMILES string of the molecule is CCCCn1nc(C(=O)NC[C@H]2CCOC2)c2ccccc2c1=O. The number of aryl methyl sites for hydroxylation is 1. The average Bonchev–Trinajstić information content (AvgIpc) is 3.13. The summed E-state index contributed by atoms with van der Waals surface area (Å²) in [7, 11) is 0. The standard InChI is InChI=1S/C18H23N3O3/c1-2-3-9-21-18(23)15-7-5-4-6-14(15)16(20-21)17(22)19-11-13-8-10-24-12-13/h4-7,13H,2-3,8-12H2,1H3,(H,19,22)/t13-/m1/s1. The number of ether oxygens (including phenoxy) is 1. The van der Waals surface area contributed by atoms with Crippen LogP contribution in [-0.4, -0.2) is 35.4 Å². The van der Waals surface area contributed by atoms with Gasteiger partial charge in [-0.1, -0.05) is 31.5 Å². The van der Waals surface area contributed by atoms with E-state index in [2.05, 4.69) is 17.3 Å². The van der Waals surface area contributed by atoms with Gasteiger partial charge in [0.25, 0.3) is 11.5 Å². The van der Waals surface area contributed by atoms with Gasteiger partial charge in [-0.2, -0.15) is 5.10 Å². The maximum absolute atomic E-state index is 12.6. The predicted octanol–water partition coefficient (Wildman–Crippen LogP) is 1.96. The normalized spacial score (nSPS) is 17.3. The highest BCUT2D eigenvalue weighted by molar-refractivity contribution is 6.04. The fraction of sp³-hybridized carbons (Fsp3) is 0.500. The zero-order valence-corrected chi connectivity index (χ0v) is 14.0. The zero-order chi connectivity index (χ0) is 16.9. The van der Waals surface area contributed by atoms with Crippen molar-refractivity contribution in [3.63, 3.8) is 0 Å². The minimum atomic E-state index is -0.233. The Morgan fingerprint density at radius 1 is 1.38 bits per heavy atom. The predicted molar refractivity (Wildman–Crippen MR) is 92.2 cm³/mol. The number of rotatable bonds is 6. The van der Waals surface area contributed by atoms with Crippen molar-refractivity contribution in [3.8, 4) is 0 Å². The molecule has 0 bridgehead atoms. The fourth-order valence-corrected chi connectivity index (χ4v) is 2.93. The molecule has 0 aliphatic carbocycles. The third-order valence-electron chi connectivity index (χ3n) is 4.38. The summed E-state index contributed by atoms with van der Waals surface area (Å²) in [6, 6.07) is 7.16. The molecule has 2 aromatic rings. The molecule has 0 radical (unpaired) electrons. The van der Waals surface area contributed by atoms with Crippen molar-refractivity contribution in [2.75, 3.05) is 19.8 Å². The number of carbonyl (C=O) groups excluding carboxylic acids is 1. The molecule has 1 aromatic carbocycles. The second-order valence-electron chi connectivity index (χ2n) is 6.22. The van der Waals surface area contributed by atoms with Crippen LogP contribution in [0.2, 0.25) is 0 Å². The molecular formula is C18H23N3O3. The van der Waals surface area contributed by atoms with Gasteiger partial charge >= 0.3 is 0 Å². The number of hydrogen-bond acceptors (Lipinski definition) is 4. The topological polar surface area (TPSA) is 73.2 Å². The maximum atomic E-state index is 12.6. The largest absolute Gasteiger partial charge is 0.381 e. The molecule has 2 heterocycles. The molecule has 1 aliphatic heterocycles. The number of aromatic nitrogens is 2. The lowest BCUT2D eigenvalue weighted by molar-refractivity contribution is 0.0939. The third kappa shape index (κ3) is 3.48. The third-order valence-corrected chi connectivity index (χ3v) is 4.38. The first-order chi connectivity index (χ1) is 11.7. The van der Waals surface area contributed by atoms with Crippen LogP contribution in [-0.2, 0) is 11.3 Å². The van der Waals surface area contributed by atoms with Gasteiger partial charge in [-0.05, 0) is 18.9 Å². The van der Waals surface area contributed by atoms with Gasteiger partial charge in [0, 0.05) is 31.0 Å². The lowest BCUT2D eigenvalue weighted by atomic mass is 10.1. The fourth-order valence-electron chi connectivity index (χ4n) is 2.93. The van der Waals surface area contributed by atoms with Gasteiger partial charge in [-0.3, -0.25) is 9.59 Å². The summed E-state index contributed by atoms with van der Waals surface area (Å²) in [4.78, 5) is 25.2. The van der Waals surface area contributed by atoms with E-state index in [0.717, 1.165) is 25.9 Å². The summed E-state index contributed by atoms with van der Waals surface area (Å²) in [5, 5.41) is 8.43. The van der Waals surface area contributed by atoms with Crippen LogP contribution in [0, 0.1) is 5.92 Å². The molecule has 0 unspecified atom stereocenters. The highest BCUT2D eigenvalue weighted by Crippen LogP contribution is 2.15. The minimum Gasteiger partial charge on any atom is -0.381 e. The molecule has 0 spiro atoms. The van der Waals surface area contributed by atoms with Gasteiger partial charge in [-0.25, -0.2) is 4.68 Å². The molecule has 1 aliphatic rings. The van der Waals surface area contributed by atoms with Crippen molar-refractivity contribution < 1.29 is 9.53 Å². The molecule has 24 heavy (non-hydrogen) atoms. The van der Waals surface area contributed by atoms with E-state index in [9.17, 15) is 9.59 Å². The number of hydrogen-bond donors (Lipinski definition) is 1. The Bertz CT molecular complexity index is 779. The van der Waals surface area contributed by atoms with E-state index in [1.54, 1.807) is 12.1 Å². The minimum absolute atomic E-state index is 0.139. The Morgan fingerprint density at radius 3 is 2.88 bits per heavy atom. The van der Waals surface area contributed by atoms with Gasteiger partial charge in [0.2, 0.25) is 0 Å². The Balaban J connectivity index is 1.91. The number of nitrogens with one attached hydrogen (secondary N) is 1. The summed E-state index contributed by atoms with van der Waals surface area (Å²) in [6.45, 7) is 4.59. The second kappa shape index (κ2) is 7.57. The summed E-state index contributed by atoms with van der Waals surface area (Å²) in [5.74, 6) is 0.120. The molecule has 128 valence electrons. The van der Waals surface area contributed by atoms with E-state index in [1.807, 2.05) is 12.1 Å². The molecule has 1 aromatic heterocycles. The Kier molecular flexibility index (Phi) is 5.25. The number of benzene rings is 1. The van der Waals surface area contributed by atoms with Gasteiger partial charge in [-0.15, -0.1) is 0 Å². The van der Waals surface area contributed by atoms with Gasteiger partial charge < -0.3 is 10.1 Å². The van der Waals surface area contributed by atoms with Gasteiger partial charge in [0.15, 0.2) is 5.69 Å². The molecule has 0 saturated carbocycles. The van der Waals surface area contributed by atoms with E-state index < -0.39 is 0 Å². The number of carbonyl (C=O) groups is 1. The first kappa shape index (κ1) is 16.6. The number of nitrogens with zero attached hydrogens (tertiary/aromatic N) is 2. The summed E-state index contributed by atoms with van der Waals surface area (Å²) in [6.07, 6.45) is 2.78. The van der Waals surface area contributed by atoms with E-state index >= 15 is 0 Å². The van der Waals surface area contributed by atoms with Crippen LogP contribution in [0.3, 0.4) is 0 Å². The van der Waals surface area contributed by atoms with Crippen molar-refractivity contribution in [2.45, 2.75) is 32.7 Å². The number of amides is 1. The van der Waals surface area contributed by atoms with Crippen LogP contribution in [0.4, 0.5) is 0 Å². The first-order valence-corrected chi connectivity index (χ1v) is 8.56. The van der Waals surface area contributed by atoms with Crippen LogP contribution in [0.5, 0.6) is 0 Å². The van der Waals surface area contributed by atoms with Crippen molar-refractivity contribution >= 4 is 16.7 Å². The van der Waals surface area contributed by atoms with Crippen LogP contribution >= 0.6 is 0 Å². The van der Waals surface area contributed by atoms with E-state index in [-0.39, 0.29) is 11.5 Å². The molecule has 3 rings (SSSR count). The van der Waals surface area contributed by atoms with E-state index in [0.29, 0.717) is 42.1 Å². The van der Waals surface area contributed by atoms with Crippen molar-refractivity contribution in [1.29, 1.82) is 0 Å². The highest BCUT2D eigenvalue weighted by atomic mass is 16.5. The smallest absolute Gasteiger partial charge is 0.274 e. The Labute approximate surface area is 140 Å². The van der Waals surface area contributed by atoms with Crippen LogP contribution in [0.25, 0.3) is 10.8 Å². The van der Waals surface area contributed by atoms with Crippen LogP contribution < -0.4 is 10.9 Å².